The van der Waals surface area contributed by atoms with E-state index in [1.165, 1.54) is 44.3 Å². The monoisotopic (exact) mass is 410 g/mol. The SMILES string of the molecule is CC(=O)N(C(=O)C(C)(C)C)c1ccc(Oc2ccc(C)c(OC(F)(F)F)c2)cn1. The molecule has 0 radical (unpaired) electrons. The van der Waals surface area contributed by atoms with Gasteiger partial charge >= 0.3 is 6.36 Å². The number of carbonyl (C=O) groups excluding carboxylic acids is 2. The van der Waals surface area contributed by atoms with E-state index >= 15 is 0 Å². The van der Waals surface area contributed by atoms with E-state index in [0.29, 0.717) is 5.56 Å². The molecule has 0 unspecified atom stereocenters. The highest BCUT2D eigenvalue weighted by molar-refractivity contribution is 6.15. The number of ether oxygens (including phenoxy) is 2. The van der Waals surface area contributed by atoms with Gasteiger partial charge in [-0.1, -0.05) is 26.8 Å². The predicted molar refractivity (Wildman–Crippen MR) is 99.8 cm³/mol. The van der Waals surface area contributed by atoms with Crippen LogP contribution in [0.2, 0.25) is 0 Å². The zero-order valence-electron chi connectivity index (χ0n) is 16.6. The molecule has 2 amide bonds. The Balaban J connectivity index is 2.24. The number of imide groups is 1. The Bertz CT molecular complexity index is 903. The third-order valence-corrected chi connectivity index (χ3v) is 3.73. The van der Waals surface area contributed by atoms with Crippen molar-refractivity contribution in [3.63, 3.8) is 0 Å². The standard InChI is InChI=1S/C20H21F3N2O4/c1-12-6-7-14(10-16(12)29-20(21,22)23)28-15-8-9-17(24-11-15)25(13(2)26)18(27)19(3,4)5/h6-11H,1-5H3. The summed E-state index contributed by atoms with van der Waals surface area (Å²) in [6.45, 7) is 7.77. The lowest BCUT2D eigenvalue weighted by Gasteiger charge is -2.26. The van der Waals surface area contributed by atoms with E-state index in [4.69, 9.17) is 4.74 Å². The van der Waals surface area contributed by atoms with Crippen molar-refractivity contribution >= 4 is 17.6 Å². The smallest absolute Gasteiger partial charge is 0.456 e. The first kappa shape index (κ1) is 22.2. The van der Waals surface area contributed by atoms with E-state index in [-0.39, 0.29) is 23.1 Å². The van der Waals surface area contributed by atoms with Gasteiger partial charge in [0.15, 0.2) is 0 Å². The van der Waals surface area contributed by atoms with Gasteiger partial charge in [-0.05, 0) is 30.7 Å². The fraction of sp³-hybridized carbons (Fsp3) is 0.350. The molecule has 0 atom stereocenters. The number of pyridine rings is 1. The van der Waals surface area contributed by atoms with Crippen molar-refractivity contribution in [3.8, 4) is 17.2 Å². The number of anilines is 1. The van der Waals surface area contributed by atoms with Crippen LogP contribution in [0.5, 0.6) is 17.2 Å². The molecule has 0 aliphatic heterocycles. The molecule has 2 aromatic rings. The summed E-state index contributed by atoms with van der Waals surface area (Å²) in [5, 5.41) is 0. The highest BCUT2D eigenvalue weighted by Gasteiger charge is 2.32. The summed E-state index contributed by atoms with van der Waals surface area (Å²) in [5.41, 5.74) is -0.500. The number of amides is 2. The maximum Gasteiger partial charge on any atom is 0.573 e. The molecule has 0 bridgehead atoms. The fourth-order valence-electron chi connectivity index (χ4n) is 2.32. The van der Waals surface area contributed by atoms with E-state index in [1.54, 1.807) is 20.8 Å². The molecular weight excluding hydrogens is 389 g/mol. The van der Waals surface area contributed by atoms with E-state index in [1.807, 2.05) is 0 Å². The van der Waals surface area contributed by atoms with E-state index in [2.05, 4.69) is 9.72 Å². The van der Waals surface area contributed by atoms with Crippen LogP contribution in [0.25, 0.3) is 0 Å². The number of aryl methyl sites for hydroxylation is 1. The first-order valence-electron chi connectivity index (χ1n) is 8.63. The first-order valence-corrected chi connectivity index (χ1v) is 8.63. The average molecular weight is 410 g/mol. The molecule has 9 heteroatoms. The van der Waals surface area contributed by atoms with Gasteiger partial charge in [-0.25, -0.2) is 9.88 Å². The predicted octanol–water partition coefficient (Wildman–Crippen LogP) is 5.01. The quantitative estimate of drug-likeness (QED) is 0.709. The van der Waals surface area contributed by atoms with Gasteiger partial charge in [0, 0.05) is 18.4 Å². The highest BCUT2D eigenvalue weighted by Crippen LogP contribution is 2.32. The zero-order valence-corrected chi connectivity index (χ0v) is 16.6. The Kier molecular flexibility index (Phi) is 6.20. The summed E-state index contributed by atoms with van der Waals surface area (Å²) in [5.74, 6) is -0.842. The van der Waals surface area contributed by atoms with Crippen LogP contribution in [0.1, 0.15) is 33.3 Å². The van der Waals surface area contributed by atoms with Crippen molar-refractivity contribution in [3.05, 3.63) is 42.1 Å². The molecule has 6 nitrogen and oxygen atoms in total. The van der Waals surface area contributed by atoms with Gasteiger partial charge in [0.25, 0.3) is 0 Å². The number of carbonyl (C=O) groups is 2. The van der Waals surface area contributed by atoms with Crippen LogP contribution in [0, 0.1) is 12.3 Å². The molecule has 1 aromatic carbocycles. The number of nitrogens with zero attached hydrogens (tertiary/aromatic N) is 2. The molecule has 2 rings (SSSR count). The molecule has 0 aliphatic carbocycles. The van der Waals surface area contributed by atoms with Crippen LogP contribution in [-0.4, -0.2) is 23.2 Å². The van der Waals surface area contributed by atoms with Crippen molar-refractivity contribution in [1.82, 2.24) is 4.98 Å². The Labute approximate surface area is 166 Å². The molecule has 29 heavy (non-hydrogen) atoms. The summed E-state index contributed by atoms with van der Waals surface area (Å²) in [4.78, 5) is 29.5. The average Bonchev–Trinajstić information content (AvgIpc) is 2.57. The van der Waals surface area contributed by atoms with Crippen molar-refractivity contribution in [2.45, 2.75) is 41.0 Å². The van der Waals surface area contributed by atoms with Gasteiger partial charge in [-0.15, -0.1) is 13.2 Å². The molecule has 0 spiro atoms. The van der Waals surface area contributed by atoms with Crippen LogP contribution in [-0.2, 0) is 9.59 Å². The lowest BCUT2D eigenvalue weighted by Crippen LogP contribution is -2.43. The second-order valence-corrected chi connectivity index (χ2v) is 7.34. The Morgan fingerprint density at radius 2 is 1.66 bits per heavy atom. The number of halogens is 3. The zero-order chi connectivity index (χ0) is 22.0. The van der Waals surface area contributed by atoms with Crippen molar-refractivity contribution < 1.29 is 32.2 Å². The molecule has 0 N–H and O–H groups in total. The molecular formula is C20H21F3N2O4. The van der Waals surface area contributed by atoms with Gasteiger partial charge in [-0.2, -0.15) is 0 Å². The van der Waals surface area contributed by atoms with Crippen LogP contribution < -0.4 is 14.4 Å². The molecule has 156 valence electrons. The number of hydrogen-bond acceptors (Lipinski definition) is 5. The number of hydrogen-bond donors (Lipinski definition) is 0. The second-order valence-electron chi connectivity index (χ2n) is 7.34. The number of alkyl halides is 3. The summed E-state index contributed by atoms with van der Waals surface area (Å²) in [7, 11) is 0. The third kappa shape index (κ3) is 5.94. The summed E-state index contributed by atoms with van der Waals surface area (Å²) < 4.78 is 46.9. The van der Waals surface area contributed by atoms with Gasteiger partial charge < -0.3 is 9.47 Å². The fourth-order valence-corrected chi connectivity index (χ4v) is 2.32. The van der Waals surface area contributed by atoms with Gasteiger partial charge in [-0.3, -0.25) is 9.59 Å². The molecule has 1 heterocycles. The minimum Gasteiger partial charge on any atom is -0.456 e. The third-order valence-electron chi connectivity index (χ3n) is 3.73. The second kappa shape index (κ2) is 8.10. The summed E-state index contributed by atoms with van der Waals surface area (Å²) in [6.07, 6.45) is -3.55. The lowest BCUT2D eigenvalue weighted by atomic mass is 9.94. The van der Waals surface area contributed by atoms with E-state index in [0.717, 1.165) is 11.0 Å². The first-order chi connectivity index (χ1) is 13.3. The van der Waals surface area contributed by atoms with Crippen molar-refractivity contribution in [1.29, 1.82) is 0 Å². The Morgan fingerprint density at radius 3 is 2.14 bits per heavy atom. The van der Waals surface area contributed by atoms with Crippen molar-refractivity contribution in [2.75, 3.05) is 4.90 Å². The Morgan fingerprint density at radius 1 is 1.03 bits per heavy atom. The topological polar surface area (TPSA) is 68.7 Å². The number of aromatic nitrogens is 1. The van der Waals surface area contributed by atoms with Crippen LogP contribution in [0.15, 0.2) is 36.5 Å². The molecule has 0 aliphatic rings. The normalized spacial score (nSPS) is 11.7. The lowest BCUT2D eigenvalue weighted by molar-refractivity contribution is -0.274. The van der Waals surface area contributed by atoms with Gasteiger partial charge in [0.1, 0.15) is 23.1 Å². The summed E-state index contributed by atoms with van der Waals surface area (Å²) in [6, 6.07) is 6.90. The van der Waals surface area contributed by atoms with Crippen LogP contribution in [0.3, 0.4) is 0 Å². The highest BCUT2D eigenvalue weighted by atomic mass is 19.4. The minimum absolute atomic E-state index is 0.110. The molecule has 0 saturated carbocycles. The largest absolute Gasteiger partial charge is 0.573 e. The Hall–Kier alpha value is -3.10. The molecule has 1 aromatic heterocycles. The number of rotatable bonds is 4. The van der Waals surface area contributed by atoms with Crippen LogP contribution in [0.4, 0.5) is 19.0 Å². The maximum atomic E-state index is 12.5. The number of benzene rings is 1. The summed E-state index contributed by atoms with van der Waals surface area (Å²) >= 11 is 0. The van der Waals surface area contributed by atoms with Gasteiger partial charge in [0.05, 0.1) is 6.20 Å². The van der Waals surface area contributed by atoms with E-state index < -0.39 is 23.6 Å². The molecule has 0 saturated heterocycles. The minimum atomic E-state index is -4.82. The molecule has 0 fully saturated rings. The maximum absolute atomic E-state index is 12.5. The van der Waals surface area contributed by atoms with Crippen molar-refractivity contribution in [2.24, 2.45) is 5.41 Å². The van der Waals surface area contributed by atoms with Gasteiger partial charge in [0.2, 0.25) is 11.8 Å². The van der Waals surface area contributed by atoms with Crippen LogP contribution >= 0.6 is 0 Å². The van der Waals surface area contributed by atoms with E-state index in [9.17, 15) is 22.8 Å².